The predicted molar refractivity (Wildman–Crippen MR) is 87.3 cm³/mol. The third-order valence-corrected chi connectivity index (χ3v) is 3.55. The molecule has 1 aromatic rings. The maximum Gasteiger partial charge on any atom is 0.130 e. The molecule has 0 aliphatic heterocycles. The summed E-state index contributed by atoms with van der Waals surface area (Å²) in [4.78, 5) is 11.0. The first-order valence-corrected chi connectivity index (χ1v) is 8.04. The highest BCUT2D eigenvalue weighted by Crippen LogP contribution is 2.13. The summed E-state index contributed by atoms with van der Waals surface area (Å²) in [5, 5.41) is 3.48. The monoisotopic (exact) mass is 275 g/mol. The summed E-state index contributed by atoms with van der Waals surface area (Å²) in [6.07, 6.45) is 9.45. The Kier molecular flexibility index (Phi) is 8.77. The summed E-state index contributed by atoms with van der Waals surface area (Å²) in [5.41, 5.74) is 2.42. The van der Waals surface area contributed by atoms with Gasteiger partial charge >= 0.3 is 0 Å². The van der Waals surface area contributed by atoms with E-state index in [1.807, 2.05) is 0 Å². The Morgan fingerprint density at radius 3 is 2.60 bits per heavy atom. The van der Waals surface area contributed by atoms with Crippen molar-refractivity contribution in [1.29, 1.82) is 0 Å². The van der Waals surface area contributed by atoms with Gasteiger partial charge in [-0.15, -0.1) is 0 Å². The fourth-order valence-electron chi connectivity index (χ4n) is 2.30. The van der Waals surface area contributed by atoms with Crippen LogP contribution in [0.3, 0.4) is 0 Å². The number of nitrogens with one attached hydrogen (secondary N) is 1. The average molecular weight is 275 g/mol. The second-order valence-corrected chi connectivity index (χ2v) is 5.60. The average Bonchev–Trinajstić information content (AvgIpc) is 2.45. The van der Waals surface area contributed by atoms with E-state index in [0.29, 0.717) is 6.42 Å². The van der Waals surface area contributed by atoms with Crippen LogP contribution in [0.25, 0.3) is 0 Å². The summed E-state index contributed by atoms with van der Waals surface area (Å²) in [7, 11) is 0. The Bertz CT molecular complexity index is 387. The predicted octanol–water partition coefficient (Wildman–Crippen LogP) is 4.98. The molecule has 1 rings (SSSR count). The van der Waals surface area contributed by atoms with Crippen LogP contribution in [0.5, 0.6) is 0 Å². The SMILES string of the molecule is CCCCCCCCNc1cccc(CCC(C)=O)c1. The summed E-state index contributed by atoms with van der Waals surface area (Å²) in [5.74, 6) is 0.260. The Morgan fingerprint density at radius 2 is 1.85 bits per heavy atom. The number of anilines is 1. The van der Waals surface area contributed by atoms with Crippen LogP contribution in [-0.2, 0) is 11.2 Å². The number of Topliss-reactive ketones (excluding diaryl/α,β-unsaturated/α-hetero) is 1. The molecule has 0 saturated heterocycles. The molecular formula is C18H29NO. The van der Waals surface area contributed by atoms with Crippen molar-refractivity contribution in [2.24, 2.45) is 0 Å². The number of carbonyl (C=O) groups excluding carboxylic acids is 1. The highest BCUT2D eigenvalue weighted by Gasteiger charge is 1.98. The van der Waals surface area contributed by atoms with Gasteiger partial charge in [0.1, 0.15) is 5.78 Å². The molecule has 0 spiro atoms. The van der Waals surface area contributed by atoms with E-state index in [-0.39, 0.29) is 5.78 Å². The van der Waals surface area contributed by atoms with E-state index >= 15 is 0 Å². The van der Waals surface area contributed by atoms with Crippen LogP contribution in [0, 0.1) is 0 Å². The molecule has 0 aliphatic carbocycles. The molecule has 0 radical (unpaired) electrons. The molecule has 0 aliphatic rings. The molecule has 0 aromatic heterocycles. The quantitative estimate of drug-likeness (QED) is 0.577. The fraction of sp³-hybridized carbons (Fsp3) is 0.611. The van der Waals surface area contributed by atoms with Crippen LogP contribution in [0.4, 0.5) is 5.69 Å². The minimum atomic E-state index is 0.260. The number of hydrogen-bond acceptors (Lipinski definition) is 2. The molecule has 0 atom stereocenters. The van der Waals surface area contributed by atoms with Gasteiger partial charge in [0, 0.05) is 18.7 Å². The first-order chi connectivity index (χ1) is 9.72. The van der Waals surface area contributed by atoms with Crippen LogP contribution in [-0.4, -0.2) is 12.3 Å². The molecule has 1 N–H and O–H groups in total. The van der Waals surface area contributed by atoms with E-state index in [1.54, 1.807) is 6.92 Å². The van der Waals surface area contributed by atoms with Crippen molar-refractivity contribution in [3.63, 3.8) is 0 Å². The van der Waals surface area contributed by atoms with Crippen LogP contribution in [0.2, 0.25) is 0 Å². The largest absolute Gasteiger partial charge is 0.385 e. The Labute approximate surface area is 124 Å². The lowest BCUT2D eigenvalue weighted by molar-refractivity contribution is -0.116. The minimum Gasteiger partial charge on any atom is -0.385 e. The zero-order valence-corrected chi connectivity index (χ0v) is 13.1. The standard InChI is InChI=1S/C18H29NO/c1-3-4-5-6-7-8-14-19-18-11-9-10-17(15-18)13-12-16(2)20/h9-11,15,19H,3-8,12-14H2,1-2H3. The number of ketones is 1. The van der Waals surface area contributed by atoms with E-state index in [2.05, 4.69) is 36.5 Å². The molecule has 0 heterocycles. The molecule has 0 unspecified atom stereocenters. The van der Waals surface area contributed by atoms with Gasteiger partial charge in [-0.1, -0.05) is 51.2 Å². The third-order valence-electron chi connectivity index (χ3n) is 3.55. The normalized spacial score (nSPS) is 10.5. The topological polar surface area (TPSA) is 29.1 Å². The van der Waals surface area contributed by atoms with E-state index in [9.17, 15) is 4.79 Å². The van der Waals surface area contributed by atoms with Crippen molar-refractivity contribution in [3.8, 4) is 0 Å². The maximum atomic E-state index is 11.0. The van der Waals surface area contributed by atoms with Crippen LogP contribution >= 0.6 is 0 Å². The van der Waals surface area contributed by atoms with Gasteiger partial charge in [0.15, 0.2) is 0 Å². The minimum absolute atomic E-state index is 0.260. The van der Waals surface area contributed by atoms with E-state index in [1.165, 1.54) is 49.8 Å². The van der Waals surface area contributed by atoms with Gasteiger partial charge in [0.2, 0.25) is 0 Å². The van der Waals surface area contributed by atoms with Gasteiger partial charge in [-0.3, -0.25) is 0 Å². The van der Waals surface area contributed by atoms with Crippen molar-refractivity contribution < 1.29 is 4.79 Å². The molecule has 0 amide bonds. The smallest absolute Gasteiger partial charge is 0.130 e. The number of carbonyl (C=O) groups is 1. The molecular weight excluding hydrogens is 246 g/mol. The van der Waals surface area contributed by atoms with Gasteiger partial charge in [0.05, 0.1) is 0 Å². The molecule has 112 valence electrons. The molecule has 20 heavy (non-hydrogen) atoms. The van der Waals surface area contributed by atoms with Crippen LogP contribution in [0.15, 0.2) is 24.3 Å². The maximum absolute atomic E-state index is 11.0. The number of benzene rings is 1. The Hall–Kier alpha value is -1.31. The molecule has 2 heteroatoms. The number of rotatable bonds is 11. The molecule has 0 fully saturated rings. The van der Waals surface area contributed by atoms with Crippen molar-refractivity contribution in [3.05, 3.63) is 29.8 Å². The van der Waals surface area contributed by atoms with Gasteiger partial charge in [-0.2, -0.15) is 0 Å². The second kappa shape index (κ2) is 10.5. The lowest BCUT2D eigenvalue weighted by atomic mass is 10.1. The number of unbranched alkanes of at least 4 members (excludes halogenated alkanes) is 5. The van der Waals surface area contributed by atoms with Gasteiger partial charge < -0.3 is 10.1 Å². The highest BCUT2D eigenvalue weighted by molar-refractivity contribution is 5.75. The van der Waals surface area contributed by atoms with Crippen molar-refractivity contribution >= 4 is 11.5 Å². The summed E-state index contributed by atoms with van der Waals surface area (Å²) in [6, 6.07) is 8.44. The zero-order valence-electron chi connectivity index (χ0n) is 13.1. The van der Waals surface area contributed by atoms with Crippen LogP contribution in [0.1, 0.15) is 64.4 Å². The molecule has 2 nitrogen and oxygen atoms in total. The fourth-order valence-corrected chi connectivity index (χ4v) is 2.30. The lowest BCUT2D eigenvalue weighted by Crippen LogP contribution is -2.02. The first-order valence-electron chi connectivity index (χ1n) is 8.04. The third kappa shape index (κ3) is 7.98. The van der Waals surface area contributed by atoms with Crippen molar-refractivity contribution in [2.75, 3.05) is 11.9 Å². The van der Waals surface area contributed by atoms with Gasteiger partial charge in [-0.05, 0) is 37.5 Å². The number of aryl methyl sites for hydroxylation is 1. The van der Waals surface area contributed by atoms with Crippen molar-refractivity contribution in [2.45, 2.75) is 65.2 Å². The molecule has 0 saturated carbocycles. The lowest BCUT2D eigenvalue weighted by Gasteiger charge is -2.08. The Balaban J connectivity index is 2.19. The van der Waals surface area contributed by atoms with Gasteiger partial charge in [0.25, 0.3) is 0 Å². The van der Waals surface area contributed by atoms with Crippen molar-refractivity contribution in [1.82, 2.24) is 0 Å². The van der Waals surface area contributed by atoms with E-state index in [0.717, 1.165) is 13.0 Å². The summed E-state index contributed by atoms with van der Waals surface area (Å²) < 4.78 is 0. The summed E-state index contributed by atoms with van der Waals surface area (Å²) >= 11 is 0. The molecule has 1 aromatic carbocycles. The highest BCUT2D eigenvalue weighted by atomic mass is 16.1. The van der Waals surface area contributed by atoms with E-state index < -0.39 is 0 Å². The van der Waals surface area contributed by atoms with Gasteiger partial charge in [-0.25, -0.2) is 0 Å². The van der Waals surface area contributed by atoms with E-state index in [4.69, 9.17) is 0 Å². The first kappa shape index (κ1) is 16.7. The summed E-state index contributed by atoms with van der Waals surface area (Å²) in [6.45, 7) is 4.95. The number of hydrogen-bond donors (Lipinski definition) is 1. The second-order valence-electron chi connectivity index (χ2n) is 5.60. The Morgan fingerprint density at radius 1 is 1.10 bits per heavy atom. The molecule has 0 bridgehead atoms. The van der Waals surface area contributed by atoms with Crippen LogP contribution < -0.4 is 5.32 Å². The zero-order chi connectivity index (χ0) is 14.6.